The van der Waals surface area contributed by atoms with Crippen LogP contribution in [0.5, 0.6) is 0 Å². The van der Waals surface area contributed by atoms with Crippen LogP contribution in [-0.4, -0.2) is 21.9 Å². The van der Waals surface area contributed by atoms with Crippen molar-refractivity contribution in [3.05, 3.63) is 48.3 Å². The highest BCUT2D eigenvalue weighted by atomic mass is 16.1. The molecule has 0 radical (unpaired) electrons. The second-order valence-corrected chi connectivity index (χ2v) is 5.81. The van der Waals surface area contributed by atoms with Gasteiger partial charge in [-0.25, -0.2) is 0 Å². The molecule has 2 aromatic rings. The van der Waals surface area contributed by atoms with E-state index in [-0.39, 0.29) is 5.91 Å². The van der Waals surface area contributed by atoms with Gasteiger partial charge in [-0.05, 0) is 37.1 Å². The van der Waals surface area contributed by atoms with Crippen LogP contribution in [0, 0.1) is 0 Å². The average Bonchev–Trinajstić information content (AvgIpc) is 2.84. The molecular formula is C18H21N3O. The minimum atomic E-state index is -0.0213. The van der Waals surface area contributed by atoms with Crippen LogP contribution >= 0.6 is 0 Å². The molecule has 1 amide bonds. The maximum atomic E-state index is 12.3. The lowest BCUT2D eigenvalue weighted by atomic mass is 10.1. The van der Waals surface area contributed by atoms with Gasteiger partial charge in [0.05, 0.1) is 17.0 Å². The number of hydrogen-bond donors (Lipinski definition) is 1. The number of pyridine rings is 2. The van der Waals surface area contributed by atoms with Crippen molar-refractivity contribution in [3.8, 4) is 11.4 Å². The van der Waals surface area contributed by atoms with Crippen LogP contribution in [0.1, 0.15) is 48.9 Å². The molecule has 2 heterocycles. The molecule has 2 aromatic heterocycles. The number of hydrogen-bond acceptors (Lipinski definition) is 3. The second-order valence-electron chi connectivity index (χ2n) is 5.81. The Morgan fingerprint density at radius 3 is 2.36 bits per heavy atom. The highest BCUT2D eigenvalue weighted by Crippen LogP contribution is 2.18. The van der Waals surface area contributed by atoms with E-state index in [1.54, 1.807) is 12.4 Å². The van der Waals surface area contributed by atoms with Crippen LogP contribution in [0.2, 0.25) is 0 Å². The fourth-order valence-corrected chi connectivity index (χ4v) is 2.89. The molecule has 22 heavy (non-hydrogen) atoms. The Kier molecular flexibility index (Phi) is 4.78. The maximum Gasteiger partial charge on any atom is 0.253 e. The zero-order valence-electron chi connectivity index (χ0n) is 12.7. The van der Waals surface area contributed by atoms with Crippen molar-refractivity contribution in [2.24, 2.45) is 0 Å². The highest BCUT2D eigenvalue weighted by molar-refractivity contribution is 5.94. The zero-order valence-corrected chi connectivity index (χ0v) is 12.7. The van der Waals surface area contributed by atoms with Crippen LogP contribution in [0.15, 0.2) is 42.7 Å². The Morgan fingerprint density at radius 1 is 0.955 bits per heavy atom. The maximum absolute atomic E-state index is 12.3. The molecule has 0 atom stereocenters. The number of rotatable bonds is 3. The van der Waals surface area contributed by atoms with Gasteiger partial charge in [-0.3, -0.25) is 14.8 Å². The molecule has 1 aliphatic carbocycles. The minimum Gasteiger partial charge on any atom is -0.349 e. The van der Waals surface area contributed by atoms with Gasteiger partial charge in [0, 0.05) is 18.4 Å². The average molecular weight is 295 g/mol. The molecule has 4 nitrogen and oxygen atoms in total. The van der Waals surface area contributed by atoms with Gasteiger partial charge in [0.15, 0.2) is 0 Å². The van der Waals surface area contributed by atoms with Gasteiger partial charge in [-0.15, -0.1) is 0 Å². The number of carbonyl (C=O) groups is 1. The molecule has 1 fully saturated rings. The third kappa shape index (κ3) is 3.70. The quantitative estimate of drug-likeness (QED) is 0.880. The van der Waals surface area contributed by atoms with E-state index >= 15 is 0 Å². The second kappa shape index (κ2) is 7.16. The van der Waals surface area contributed by atoms with Gasteiger partial charge in [0.2, 0.25) is 0 Å². The molecule has 0 aromatic carbocycles. The van der Waals surface area contributed by atoms with E-state index in [9.17, 15) is 4.79 Å². The highest BCUT2D eigenvalue weighted by Gasteiger charge is 2.16. The lowest BCUT2D eigenvalue weighted by molar-refractivity contribution is 0.0933. The molecule has 0 spiro atoms. The summed E-state index contributed by atoms with van der Waals surface area (Å²) in [5.74, 6) is -0.0213. The van der Waals surface area contributed by atoms with Gasteiger partial charge in [-0.2, -0.15) is 0 Å². The molecule has 4 heteroatoms. The van der Waals surface area contributed by atoms with Crippen molar-refractivity contribution in [1.29, 1.82) is 0 Å². The van der Waals surface area contributed by atoms with Gasteiger partial charge in [-0.1, -0.05) is 31.7 Å². The van der Waals surface area contributed by atoms with Gasteiger partial charge in [0.25, 0.3) is 5.91 Å². The molecule has 0 saturated heterocycles. The smallest absolute Gasteiger partial charge is 0.253 e. The van der Waals surface area contributed by atoms with E-state index in [1.165, 1.54) is 25.7 Å². The van der Waals surface area contributed by atoms with E-state index in [2.05, 4.69) is 15.3 Å². The Labute approximate surface area is 131 Å². The molecular weight excluding hydrogens is 274 g/mol. The number of nitrogens with zero attached hydrogens (tertiary/aromatic N) is 2. The molecule has 1 N–H and O–H groups in total. The summed E-state index contributed by atoms with van der Waals surface area (Å²) in [6.07, 6.45) is 10.5. The largest absolute Gasteiger partial charge is 0.349 e. The lowest BCUT2D eigenvalue weighted by Crippen LogP contribution is -2.34. The number of aromatic nitrogens is 2. The molecule has 0 aliphatic heterocycles. The summed E-state index contributed by atoms with van der Waals surface area (Å²) in [4.78, 5) is 20.9. The summed E-state index contributed by atoms with van der Waals surface area (Å²) in [6.45, 7) is 0. The summed E-state index contributed by atoms with van der Waals surface area (Å²) in [6, 6.07) is 9.70. The first-order valence-corrected chi connectivity index (χ1v) is 8.01. The van der Waals surface area contributed by atoms with Crippen LogP contribution in [0.3, 0.4) is 0 Å². The first-order valence-electron chi connectivity index (χ1n) is 8.01. The Balaban J connectivity index is 1.66. The lowest BCUT2D eigenvalue weighted by Gasteiger charge is -2.16. The van der Waals surface area contributed by atoms with Crippen LogP contribution in [0.4, 0.5) is 0 Å². The summed E-state index contributed by atoms with van der Waals surface area (Å²) in [5.41, 5.74) is 2.22. The summed E-state index contributed by atoms with van der Waals surface area (Å²) >= 11 is 0. The standard InChI is InChI=1S/C18H21N3O/c22-18(21-15-7-3-1-2-4-8-15)14-10-11-17(20-13-14)16-9-5-6-12-19-16/h5-6,9-13,15H,1-4,7-8H2,(H,21,22). The van der Waals surface area contributed by atoms with Crippen molar-refractivity contribution in [3.63, 3.8) is 0 Å². The minimum absolute atomic E-state index is 0.0213. The van der Waals surface area contributed by atoms with Crippen molar-refractivity contribution >= 4 is 5.91 Å². The number of amides is 1. The van der Waals surface area contributed by atoms with Crippen molar-refractivity contribution in [2.45, 2.75) is 44.6 Å². The molecule has 0 bridgehead atoms. The van der Waals surface area contributed by atoms with Crippen LogP contribution in [-0.2, 0) is 0 Å². The molecule has 1 saturated carbocycles. The summed E-state index contributed by atoms with van der Waals surface area (Å²) in [5, 5.41) is 3.14. The predicted molar refractivity (Wildman–Crippen MR) is 86.4 cm³/mol. The molecule has 0 unspecified atom stereocenters. The van der Waals surface area contributed by atoms with E-state index in [4.69, 9.17) is 0 Å². The first kappa shape index (κ1) is 14.7. The van der Waals surface area contributed by atoms with Crippen LogP contribution < -0.4 is 5.32 Å². The SMILES string of the molecule is O=C(NC1CCCCCC1)c1ccc(-c2ccccn2)nc1. The van der Waals surface area contributed by atoms with E-state index in [0.717, 1.165) is 24.2 Å². The normalized spacial score (nSPS) is 16.0. The fourth-order valence-electron chi connectivity index (χ4n) is 2.89. The first-order chi connectivity index (χ1) is 10.8. The summed E-state index contributed by atoms with van der Waals surface area (Å²) in [7, 11) is 0. The fraction of sp³-hybridized carbons (Fsp3) is 0.389. The third-order valence-electron chi connectivity index (χ3n) is 4.14. The number of nitrogens with one attached hydrogen (secondary N) is 1. The van der Waals surface area contributed by atoms with Crippen molar-refractivity contribution < 1.29 is 4.79 Å². The third-order valence-corrected chi connectivity index (χ3v) is 4.14. The van der Waals surface area contributed by atoms with Crippen LogP contribution in [0.25, 0.3) is 11.4 Å². The monoisotopic (exact) mass is 295 g/mol. The van der Waals surface area contributed by atoms with E-state index in [1.807, 2.05) is 30.3 Å². The van der Waals surface area contributed by atoms with Gasteiger partial charge < -0.3 is 5.32 Å². The zero-order chi connectivity index (χ0) is 15.2. The molecule has 1 aliphatic rings. The molecule has 3 rings (SSSR count). The van der Waals surface area contributed by atoms with E-state index < -0.39 is 0 Å². The van der Waals surface area contributed by atoms with Crippen molar-refractivity contribution in [2.75, 3.05) is 0 Å². The molecule has 114 valence electrons. The van der Waals surface area contributed by atoms with Gasteiger partial charge >= 0.3 is 0 Å². The predicted octanol–water partition coefficient (Wildman–Crippen LogP) is 3.60. The number of carbonyl (C=O) groups excluding carboxylic acids is 1. The van der Waals surface area contributed by atoms with Gasteiger partial charge in [0.1, 0.15) is 0 Å². The Bertz CT molecular complexity index is 602. The Hall–Kier alpha value is -2.23. The summed E-state index contributed by atoms with van der Waals surface area (Å²) < 4.78 is 0. The van der Waals surface area contributed by atoms with E-state index in [0.29, 0.717) is 11.6 Å². The topological polar surface area (TPSA) is 54.9 Å². The Morgan fingerprint density at radius 2 is 1.73 bits per heavy atom. The van der Waals surface area contributed by atoms with Crippen molar-refractivity contribution in [1.82, 2.24) is 15.3 Å².